The van der Waals surface area contributed by atoms with E-state index in [0.717, 1.165) is 51.5 Å². The van der Waals surface area contributed by atoms with Gasteiger partial charge in [-0.15, -0.1) is 12.4 Å². The van der Waals surface area contributed by atoms with Crippen molar-refractivity contribution in [2.75, 3.05) is 13.9 Å². The fourth-order valence-electron chi connectivity index (χ4n) is 5.28. The number of esters is 1. The quantitative estimate of drug-likeness (QED) is 0.140. The Hall–Kier alpha value is -4.10. The molecule has 1 aromatic heterocycles. The Labute approximate surface area is 211 Å². The Morgan fingerprint density at radius 1 is 1.00 bits per heavy atom. The number of benzene rings is 4. The van der Waals surface area contributed by atoms with Crippen LogP contribution in [0, 0.1) is 5.82 Å². The van der Waals surface area contributed by atoms with Gasteiger partial charge in [-0.05, 0) is 48.0 Å². The van der Waals surface area contributed by atoms with Gasteiger partial charge in [0.1, 0.15) is 5.82 Å². The second-order valence-corrected chi connectivity index (χ2v) is 8.65. The number of carbonyl (C=O) groups is 1. The van der Waals surface area contributed by atoms with Gasteiger partial charge in [-0.25, -0.2) is 9.18 Å². The minimum atomic E-state index is -0.777. The van der Waals surface area contributed by atoms with Gasteiger partial charge in [0, 0.05) is 17.2 Å². The number of halogens is 2. The zero-order valence-corrected chi connectivity index (χ0v) is 20.0. The lowest BCUT2D eigenvalue weighted by Gasteiger charge is -2.18. The lowest BCUT2D eigenvalue weighted by Crippen LogP contribution is -2.38. The number of nitrogens with zero attached hydrogens (tertiary/aromatic N) is 1. The van der Waals surface area contributed by atoms with Crippen LogP contribution in [0.4, 0.5) is 4.39 Å². The van der Waals surface area contributed by atoms with Crippen LogP contribution in [-0.2, 0) is 13.0 Å². The van der Waals surface area contributed by atoms with Gasteiger partial charge in [0.2, 0.25) is 12.3 Å². The summed E-state index contributed by atoms with van der Waals surface area (Å²) in [5.41, 5.74) is 2.17. The summed E-state index contributed by atoms with van der Waals surface area (Å²) in [5, 5.41) is 4.79. The van der Waals surface area contributed by atoms with Crippen molar-refractivity contribution in [3.8, 4) is 23.0 Å². The summed E-state index contributed by atoms with van der Waals surface area (Å²) in [4.78, 5) is 12.9. The van der Waals surface area contributed by atoms with Crippen molar-refractivity contribution in [1.82, 2.24) is 0 Å². The number of rotatable bonds is 3. The van der Waals surface area contributed by atoms with Gasteiger partial charge >= 0.3 is 5.97 Å². The average molecular weight is 505 g/mol. The molecule has 36 heavy (non-hydrogen) atoms. The lowest BCUT2D eigenvalue weighted by atomic mass is 9.93. The molecule has 5 aromatic rings. The first-order chi connectivity index (χ1) is 17.1. The normalized spacial score (nSPS) is 13.3. The third-order valence-electron chi connectivity index (χ3n) is 6.84. The maximum atomic E-state index is 14.3. The zero-order valence-electron chi connectivity index (χ0n) is 19.2. The van der Waals surface area contributed by atoms with E-state index in [0.29, 0.717) is 11.1 Å². The lowest BCUT2D eigenvalue weighted by molar-refractivity contribution is -0.670. The molecular weight excluding hydrogens is 485 g/mol. The van der Waals surface area contributed by atoms with Gasteiger partial charge in [-0.2, -0.15) is 4.57 Å². The number of pyridine rings is 1. The fraction of sp³-hybridized carbons (Fsp3) is 0.143. The molecule has 3 heterocycles. The van der Waals surface area contributed by atoms with E-state index in [1.807, 2.05) is 12.3 Å². The summed E-state index contributed by atoms with van der Waals surface area (Å²) in [6.45, 7) is 0.969. The minimum Gasteiger partial charge on any atom is -0.493 e. The number of aromatic nitrogens is 1. The highest BCUT2D eigenvalue weighted by molar-refractivity contribution is 6.17. The first-order valence-electron chi connectivity index (χ1n) is 11.3. The Kier molecular flexibility index (Phi) is 5.12. The van der Waals surface area contributed by atoms with Crippen LogP contribution < -0.4 is 23.5 Å². The third kappa shape index (κ3) is 3.09. The summed E-state index contributed by atoms with van der Waals surface area (Å²) in [6, 6.07) is 15.7. The highest BCUT2D eigenvalue weighted by Gasteiger charge is 2.30. The Morgan fingerprint density at radius 2 is 1.81 bits per heavy atom. The van der Waals surface area contributed by atoms with Crippen LogP contribution in [0.1, 0.15) is 15.9 Å². The summed E-state index contributed by atoms with van der Waals surface area (Å²) in [7, 11) is 1.52. The molecule has 0 atom stereocenters. The topological polar surface area (TPSA) is 57.9 Å². The van der Waals surface area contributed by atoms with Crippen LogP contribution in [0.25, 0.3) is 32.4 Å². The van der Waals surface area contributed by atoms with Gasteiger partial charge in [0.15, 0.2) is 35.7 Å². The molecule has 0 bridgehead atoms. The first kappa shape index (κ1) is 22.4. The number of ether oxygens (including phenoxy) is 4. The van der Waals surface area contributed by atoms with Crippen molar-refractivity contribution in [2.24, 2.45) is 0 Å². The maximum absolute atomic E-state index is 14.3. The molecule has 7 rings (SSSR count). The molecule has 0 N–H and O–H groups in total. The largest absolute Gasteiger partial charge is 0.493 e. The molecule has 180 valence electrons. The zero-order chi connectivity index (χ0) is 23.7. The van der Waals surface area contributed by atoms with Crippen molar-refractivity contribution in [1.29, 1.82) is 0 Å². The van der Waals surface area contributed by atoms with Crippen molar-refractivity contribution in [3.05, 3.63) is 77.7 Å². The van der Waals surface area contributed by atoms with E-state index in [9.17, 15) is 9.18 Å². The summed E-state index contributed by atoms with van der Waals surface area (Å²) in [6.07, 6.45) is 2.81. The van der Waals surface area contributed by atoms with E-state index in [2.05, 4.69) is 22.8 Å². The molecular formula is C28H20ClFNO5+. The van der Waals surface area contributed by atoms with Crippen LogP contribution in [0.3, 0.4) is 0 Å². The monoisotopic (exact) mass is 504 g/mol. The van der Waals surface area contributed by atoms with Crippen molar-refractivity contribution in [3.63, 3.8) is 0 Å². The minimum absolute atomic E-state index is 0. The van der Waals surface area contributed by atoms with Crippen LogP contribution in [0.2, 0.25) is 0 Å². The van der Waals surface area contributed by atoms with E-state index >= 15 is 0 Å². The van der Waals surface area contributed by atoms with Crippen molar-refractivity contribution < 1.29 is 32.7 Å². The average Bonchev–Trinajstić information content (AvgIpc) is 3.36. The first-order valence-corrected chi connectivity index (χ1v) is 11.3. The second-order valence-electron chi connectivity index (χ2n) is 8.65. The molecule has 2 aliphatic heterocycles. The van der Waals surface area contributed by atoms with Gasteiger partial charge < -0.3 is 18.9 Å². The van der Waals surface area contributed by atoms with E-state index in [-0.39, 0.29) is 30.5 Å². The number of hydrogen-bond donors (Lipinski definition) is 0. The van der Waals surface area contributed by atoms with Gasteiger partial charge in [0.05, 0.1) is 28.8 Å². The predicted octanol–water partition coefficient (Wildman–Crippen LogP) is 5.51. The van der Waals surface area contributed by atoms with Gasteiger partial charge in [-0.1, -0.05) is 12.1 Å². The summed E-state index contributed by atoms with van der Waals surface area (Å²) < 4.78 is 39.2. The molecule has 0 saturated heterocycles. The van der Waals surface area contributed by atoms with Gasteiger partial charge in [0.25, 0.3) is 0 Å². The smallest absolute Gasteiger partial charge is 0.346 e. The van der Waals surface area contributed by atoms with E-state index in [4.69, 9.17) is 18.9 Å². The molecule has 2 aliphatic rings. The predicted molar refractivity (Wildman–Crippen MR) is 134 cm³/mol. The standard InChI is InChI=1S/C28H19FNO5.ClH/c1-32-22-9-8-16-17-6-7-19-24-15(12-23-26(19)34-14-33-23)10-11-30(25(17)24)13-20(16)27(22)35-28(31)18-4-2-3-5-21(18)29;/h2-9,12-13H,10-11,14H2,1H3;1H/q+1;. The molecule has 6 nitrogen and oxygen atoms in total. The molecule has 4 aromatic carbocycles. The van der Waals surface area contributed by atoms with Crippen molar-refractivity contribution in [2.45, 2.75) is 13.0 Å². The molecule has 8 heteroatoms. The Balaban J connectivity index is 0.00000240. The molecule has 0 aliphatic carbocycles. The molecule has 0 saturated carbocycles. The Bertz CT molecular complexity index is 1740. The molecule has 0 amide bonds. The van der Waals surface area contributed by atoms with Crippen LogP contribution in [-0.4, -0.2) is 19.9 Å². The van der Waals surface area contributed by atoms with Gasteiger partial charge in [-0.3, -0.25) is 0 Å². The number of hydrogen-bond acceptors (Lipinski definition) is 5. The van der Waals surface area contributed by atoms with Crippen LogP contribution in [0.15, 0.2) is 60.8 Å². The fourth-order valence-corrected chi connectivity index (χ4v) is 5.28. The van der Waals surface area contributed by atoms with E-state index < -0.39 is 11.8 Å². The highest BCUT2D eigenvalue weighted by atomic mass is 35.5. The number of methoxy groups -OCH3 is 1. The SMILES string of the molecule is COc1ccc2c(c[n+]3c4c2ccc2c5c(cc(c24)CC3)OCO5)c1OC(=O)c1ccccc1F.Cl. The number of fused-ring (bicyclic) bond motifs is 4. The Morgan fingerprint density at radius 3 is 2.64 bits per heavy atom. The third-order valence-corrected chi connectivity index (χ3v) is 6.84. The summed E-state index contributed by atoms with van der Waals surface area (Å²) in [5.74, 6) is 0.808. The molecule has 0 unspecified atom stereocenters. The van der Waals surface area contributed by atoms with E-state index in [1.54, 1.807) is 12.1 Å². The van der Waals surface area contributed by atoms with Crippen LogP contribution in [0.5, 0.6) is 23.0 Å². The number of carbonyl (C=O) groups excluding carboxylic acids is 1. The summed E-state index contributed by atoms with van der Waals surface area (Å²) >= 11 is 0. The van der Waals surface area contributed by atoms with Crippen molar-refractivity contribution >= 4 is 50.8 Å². The second kappa shape index (κ2) is 8.24. The maximum Gasteiger partial charge on any atom is 0.346 e. The van der Waals surface area contributed by atoms with Crippen LogP contribution >= 0.6 is 12.4 Å². The van der Waals surface area contributed by atoms with E-state index in [1.165, 1.54) is 30.9 Å². The molecule has 0 spiro atoms. The highest BCUT2D eigenvalue weighted by Crippen LogP contribution is 2.46. The molecule has 0 fully saturated rings. The molecule has 0 radical (unpaired) electrons. The number of aryl methyl sites for hydroxylation is 2.